The molecule has 0 aliphatic carbocycles. The SMILES string of the molecule is Nc1cc(-c2nc(-c3ncc(Cl)cc3Cl)no2)ccc1Cl. The number of benzene rings is 1. The summed E-state index contributed by atoms with van der Waals surface area (Å²) in [6, 6.07) is 6.59. The second kappa shape index (κ2) is 5.52. The molecule has 2 N–H and O–H groups in total. The van der Waals surface area contributed by atoms with E-state index in [4.69, 9.17) is 45.1 Å². The van der Waals surface area contributed by atoms with Gasteiger partial charge in [0.15, 0.2) is 0 Å². The largest absolute Gasteiger partial charge is 0.398 e. The maximum Gasteiger partial charge on any atom is 0.258 e. The molecule has 8 heteroatoms. The summed E-state index contributed by atoms with van der Waals surface area (Å²) < 4.78 is 5.19. The van der Waals surface area contributed by atoms with Gasteiger partial charge in [-0.1, -0.05) is 40.0 Å². The molecule has 5 nitrogen and oxygen atoms in total. The van der Waals surface area contributed by atoms with E-state index in [0.29, 0.717) is 37.9 Å². The number of hydrogen-bond donors (Lipinski definition) is 1. The summed E-state index contributed by atoms with van der Waals surface area (Å²) in [5, 5.41) is 5.08. The second-order valence-corrected chi connectivity index (χ2v) is 5.39. The Morgan fingerprint density at radius 3 is 2.57 bits per heavy atom. The van der Waals surface area contributed by atoms with Crippen molar-refractivity contribution >= 4 is 40.5 Å². The third-order valence-electron chi connectivity index (χ3n) is 2.69. The normalized spacial score (nSPS) is 10.8. The highest BCUT2D eigenvalue weighted by Crippen LogP contribution is 2.29. The van der Waals surface area contributed by atoms with E-state index >= 15 is 0 Å². The van der Waals surface area contributed by atoms with Crippen molar-refractivity contribution in [3.05, 3.63) is 45.5 Å². The van der Waals surface area contributed by atoms with Crippen molar-refractivity contribution in [2.45, 2.75) is 0 Å². The molecule has 0 atom stereocenters. The Kier molecular flexibility index (Phi) is 3.71. The molecule has 3 aromatic rings. The van der Waals surface area contributed by atoms with Crippen LogP contribution in [-0.2, 0) is 0 Å². The van der Waals surface area contributed by atoms with Gasteiger partial charge < -0.3 is 10.3 Å². The fraction of sp³-hybridized carbons (Fsp3) is 0. The zero-order valence-corrected chi connectivity index (χ0v) is 12.6. The summed E-state index contributed by atoms with van der Waals surface area (Å²) in [6.07, 6.45) is 1.46. The lowest BCUT2D eigenvalue weighted by atomic mass is 10.2. The fourth-order valence-corrected chi connectivity index (χ4v) is 2.27. The quantitative estimate of drug-likeness (QED) is 0.701. The van der Waals surface area contributed by atoms with Gasteiger partial charge in [-0.25, -0.2) is 4.98 Å². The standard InChI is InChI=1S/C13H7Cl3N4O/c14-7-4-9(16)11(18-5-7)12-19-13(21-20-12)6-1-2-8(15)10(17)3-6/h1-5H,17H2. The van der Waals surface area contributed by atoms with Crippen LogP contribution in [0.15, 0.2) is 35.0 Å². The minimum absolute atomic E-state index is 0.264. The molecule has 0 aliphatic heterocycles. The van der Waals surface area contributed by atoms with Crippen molar-refractivity contribution in [1.29, 1.82) is 0 Å². The summed E-state index contributed by atoms with van der Waals surface area (Å²) >= 11 is 17.7. The highest BCUT2D eigenvalue weighted by molar-refractivity contribution is 6.36. The van der Waals surface area contributed by atoms with E-state index in [1.807, 2.05) is 0 Å². The van der Waals surface area contributed by atoms with Crippen molar-refractivity contribution in [1.82, 2.24) is 15.1 Å². The molecular weight excluding hydrogens is 335 g/mol. The van der Waals surface area contributed by atoms with Crippen LogP contribution in [-0.4, -0.2) is 15.1 Å². The maximum absolute atomic E-state index is 6.06. The Morgan fingerprint density at radius 1 is 1.05 bits per heavy atom. The number of nitrogen functional groups attached to an aromatic ring is 1. The average Bonchev–Trinajstić information content (AvgIpc) is 2.91. The van der Waals surface area contributed by atoms with Crippen LogP contribution in [0, 0.1) is 0 Å². The lowest BCUT2D eigenvalue weighted by Crippen LogP contribution is -1.89. The maximum atomic E-state index is 6.06. The van der Waals surface area contributed by atoms with E-state index in [0.717, 1.165) is 0 Å². The molecule has 3 rings (SSSR count). The van der Waals surface area contributed by atoms with Crippen LogP contribution in [0.3, 0.4) is 0 Å². The van der Waals surface area contributed by atoms with Gasteiger partial charge in [-0.15, -0.1) is 0 Å². The number of halogens is 3. The van der Waals surface area contributed by atoms with Crippen molar-refractivity contribution in [2.24, 2.45) is 0 Å². The number of rotatable bonds is 2. The smallest absolute Gasteiger partial charge is 0.258 e. The van der Waals surface area contributed by atoms with Crippen LogP contribution in [0.25, 0.3) is 23.0 Å². The van der Waals surface area contributed by atoms with Gasteiger partial charge in [-0.2, -0.15) is 4.98 Å². The summed E-state index contributed by atoms with van der Waals surface area (Å²) in [6.45, 7) is 0. The Hall–Kier alpha value is -1.82. The summed E-state index contributed by atoms with van der Waals surface area (Å²) in [7, 11) is 0. The van der Waals surface area contributed by atoms with Gasteiger partial charge in [0, 0.05) is 11.8 Å². The van der Waals surface area contributed by atoms with E-state index in [1.165, 1.54) is 6.20 Å². The molecular formula is C13H7Cl3N4O. The van der Waals surface area contributed by atoms with Gasteiger partial charge in [0.1, 0.15) is 5.69 Å². The Bertz CT molecular complexity index is 819. The van der Waals surface area contributed by atoms with Crippen molar-refractivity contribution in [3.8, 4) is 23.0 Å². The van der Waals surface area contributed by atoms with Crippen LogP contribution in [0.5, 0.6) is 0 Å². The predicted molar refractivity (Wildman–Crippen MR) is 82.4 cm³/mol. The van der Waals surface area contributed by atoms with E-state index in [9.17, 15) is 0 Å². The van der Waals surface area contributed by atoms with E-state index < -0.39 is 0 Å². The van der Waals surface area contributed by atoms with Crippen LogP contribution in [0.4, 0.5) is 5.69 Å². The first kappa shape index (κ1) is 14.1. The summed E-state index contributed by atoms with van der Waals surface area (Å²) in [4.78, 5) is 8.34. The molecule has 1 aromatic carbocycles. The van der Waals surface area contributed by atoms with Crippen molar-refractivity contribution < 1.29 is 4.52 Å². The number of nitrogens with zero attached hydrogens (tertiary/aromatic N) is 3. The molecule has 0 spiro atoms. The molecule has 0 bridgehead atoms. The highest BCUT2D eigenvalue weighted by Gasteiger charge is 2.15. The van der Waals surface area contributed by atoms with Crippen LogP contribution < -0.4 is 5.73 Å². The Morgan fingerprint density at radius 2 is 1.86 bits per heavy atom. The number of aromatic nitrogens is 3. The Balaban J connectivity index is 2.01. The van der Waals surface area contributed by atoms with Gasteiger partial charge in [0.2, 0.25) is 5.82 Å². The highest BCUT2D eigenvalue weighted by atomic mass is 35.5. The van der Waals surface area contributed by atoms with Crippen LogP contribution in [0.1, 0.15) is 0 Å². The first-order valence-corrected chi connectivity index (χ1v) is 6.88. The van der Waals surface area contributed by atoms with Crippen LogP contribution in [0.2, 0.25) is 15.1 Å². The molecule has 2 aromatic heterocycles. The summed E-state index contributed by atoms with van der Waals surface area (Å²) in [5.74, 6) is 0.557. The molecule has 0 saturated carbocycles. The summed E-state index contributed by atoms with van der Waals surface area (Å²) in [5.41, 5.74) is 7.21. The van der Waals surface area contributed by atoms with Gasteiger partial charge >= 0.3 is 0 Å². The lowest BCUT2D eigenvalue weighted by molar-refractivity contribution is 0.432. The second-order valence-electron chi connectivity index (χ2n) is 4.14. The van der Waals surface area contributed by atoms with Crippen molar-refractivity contribution in [3.63, 3.8) is 0 Å². The third-order valence-corrected chi connectivity index (χ3v) is 3.53. The molecule has 0 aliphatic rings. The molecule has 2 heterocycles. The van der Waals surface area contributed by atoms with Gasteiger partial charge in [0.25, 0.3) is 5.89 Å². The monoisotopic (exact) mass is 340 g/mol. The number of pyridine rings is 1. The van der Waals surface area contributed by atoms with E-state index in [-0.39, 0.29) is 5.82 Å². The molecule has 0 amide bonds. The van der Waals surface area contributed by atoms with Crippen molar-refractivity contribution in [2.75, 3.05) is 5.73 Å². The zero-order chi connectivity index (χ0) is 15.0. The zero-order valence-electron chi connectivity index (χ0n) is 10.3. The van der Waals surface area contributed by atoms with Gasteiger partial charge in [0.05, 0.1) is 20.8 Å². The first-order valence-electron chi connectivity index (χ1n) is 5.75. The van der Waals surface area contributed by atoms with E-state index in [1.54, 1.807) is 24.3 Å². The lowest BCUT2D eigenvalue weighted by Gasteiger charge is -1.99. The van der Waals surface area contributed by atoms with E-state index in [2.05, 4.69) is 15.1 Å². The Labute approximate surface area is 134 Å². The van der Waals surface area contributed by atoms with Gasteiger partial charge in [-0.05, 0) is 24.3 Å². The fourth-order valence-electron chi connectivity index (χ4n) is 1.69. The minimum atomic E-state index is 0.264. The first-order chi connectivity index (χ1) is 10.0. The molecule has 0 unspecified atom stereocenters. The molecule has 0 saturated heterocycles. The third kappa shape index (κ3) is 2.81. The molecule has 0 fully saturated rings. The topological polar surface area (TPSA) is 77.8 Å². The predicted octanol–water partition coefficient (Wildman–Crippen LogP) is 4.34. The average molecular weight is 342 g/mol. The van der Waals surface area contributed by atoms with Gasteiger partial charge in [-0.3, -0.25) is 0 Å². The molecule has 106 valence electrons. The molecule has 21 heavy (non-hydrogen) atoms. The number of hydrogen-bond acceptors (Lipinski definition) is 5. The number of nitrogens with two attached hydrogens (primary N) is 1. The number of anilines is 1. The van der Waals surface area contributed by atoms with Crippen LogP contribution >= 0.6 is 34.8 Å². The molecule has 0 radical (unpaired) electrons. The minimum Gasteiger partial charge on any atom is -0.398 e.